The molecule has 0 spiro atoms. The summed E-state index contributed by atoms with van der Waals surface area (Å²) in [5.74, 6) is 0. The maximum atomic E-state index is 4.36. The van der Waals surface area contributed by atoms with Crippen LogP contribution in [0.5, 0.6) is 0 Å². The van der Waals surface area contributed by atoms with Crippen LogP contribution in [0.1, 0.15) is 40.2 Å². The molecule has 4 heteroatoms. The summed E-state index contributed by atoms with van der Waals surface area (Å²) in [7, 11) is 2.06. The number of aryl methyl sites for hydroxylation is 1. The van der Waals surface area contributed by atoms with Crippen molar-refractivity contribution in [1.29, 1.82) is 0 Å². The van der Waals surface area contributed by atoms with Gasteiger partial charge in [0.15, 0.2) is 0 Å². The highest BCUT2D eigenvalue weighted by Crippen LogP contribution is 2.21. The molecule has 0 aliphatic rings. The minimum atomic E-state index is 0.132. The summed E-state index contributed by atoms with van der Waals surface area (Å²) in [4.78, 5) is 2.51. The Kier molecular flexibility index (Phi) is 6.01. The van der Waals surface area contributed by atoms with E-state index >= 15 is 0 Å². The third-order valence-electron chi connectivity index (χ3n) is 4.23. The van der Waals surface area contributed by atoms with Gasteiger partial charge in [0, 0.05) is 24.3 Å². The number of hydrogen-bond donors (Lipinski definition) is 1. The number of hydrogen-bond acceptors (Lipinski definition) is 3. The van der Waals surface area contributed by atoms with Gasteiger partial charge in [-0.05, 0) is 52.9 Å². The van der Waals surface area contributed by atoms with Gasteiger partial charge in [0.2, 0.25) is 0 Å². The van der Waals surface area contributed by atoms with Crippen molar-refractivity contribution < 1.29 is 0 Å². The predicted octanol–water partition coefficient (Wildman–Crippen LogP) is 2.15. The fourth-order valence-electron chi connectivity index (χ4n) is 2.88. The minimum absolute atomic E-state index is 0.132. The first-order valence-electron chi connectivity index (χ1n) is 7.43. The Labute approximate surface area is 118 Å². The summed E-state index contributed by atoms with van der Waals surface area (Å²) >= 11 is 0. The van der Waals surface area contributed by atoms with Crippen LogP contribution in [0.25, 0.3) is 0 Å². The van der Waals surface area contributed by atoms with E-state index in [1.165, 1.54) is 5.56 Å². The summed E-state index contributed by atoms with van der Waals surface area (Å²) in [5.41, 5.74) is 1.44. The van der Waals surface area contributed by atoms with Crippen LogP contribution in [0.2, 0.25) is 0 Å². The van der Waals surface area contributed by atoms with E-state index < -0.39 is 0 Å². The van der Waals surface area contributed by atoms with E-state index in [4.69, 9.17) is 0 Å². The molecule has 1 atom stereocenters. The maximum absolute atomic E-state index is 4.36. The standard InChI is InChI=1S/C15H30N4/c1-7-18(8-2)15(4,5)14(16-6)10-13-11-17-19(9-3)12-13/h11-12,14,16H,7-10H2,1-6H3. The Morgan fingerprint density at radius 3 is 2.37 bits per heavy atom. The molecule has 0 aromatic carbocycles. The molecule has 0 saturated heterocycles. The minimum Gasteiger partial charge on any atom is -0.315 e. The molecule has 0 fully saturated rings. The molecule has 0 bridgehead atoms. The molecule has 0 radical (unpaired) electrons. The van der Waals surface area contributed by atoms with E-state index in [1.807, 2.05) is 10.9 Å². The maximum Gasteiger partial charge on any atom is 0.0522 e. The quantitative estimate of drug-likeness (QED) is 0.783. The van der Waals surface area contributed by atoms with E-state index in [0.717, 1.165) is 26.1 Å². The Hall–Kier alpha value is -0.870. The van der Waals surface area contributed by atoms with E-state index in [2.05, 4.69) is 63.2 Å². The van der Waals surface area contributed by atoms with Crippen LogP contribution in [0, 0.1) is 0 Å². The highest BCUT2D eigenvalue weighted by atomic mass is 15.3. The Morgan fingerprint density at radius 2 is 1.95 bits per heavy atom. The van der Waals surface area contributed by atoms with Crippen molar-refractivity contribution in [3.8, 4) is 0 Å². The van der Waals surface area contributed by atoms with Crippen molar-refractivity contribution >= 4 is 0 Å². The number of nitrogens with one attached hydrogen (secondary N) is 1. The molecule has 1 unspecified atom stereocenters. The first-order valence-corrected chi connectivity index (χ1v) is 7.43. The number of rotatable bonds is 8. The molecule has 1 aromatic rings. The predicted molar refractivity (Wildman–Crippen MR) is 81.5 cm³/mol. The Balaban J connectivity index is 2.81. The summed E-state index contributed by atoms with van der Waals surface area (Å²) in [6.45, 7) is 14.3. The largest absolute Gasteiger partial charge is 0.315 e. The van der Waals surface area contributed by atoms with Crippen LogP contribution < -0.4 is 5.32 Å². The summed E-state index contributed by atoms with van der Waals surface area (Å²) < 4.78 is 1.99. The van der Waals surface area contributed by atoms with Gasteiger partial charge in [-0.1, -0.05) is 13.8 Å². The Morgan fingerprint density at radius 1 is 1.32 bits per heavy atom. The zero-order valence-electron chi connectivity index (χ0n) is 13.4. The van der Waals surface area contributed by atoms with Crippen molar-refractivity contribution in [3.05, 3.63) is 18.0 Å². The lowest BCUT2D eigenvalue weighted by Gasteiger charge is -2.43. The van der Waals surface area contributed by atoms with Crippen LogP contribution in [-0.4, -0.2) is 46.4 Å². The van der Waals surface area contributed by atoms with Gasteiger partial charge >= 0.3 is 0 Å². The zero-order chi connectivity index (χ0) is 14.5. The van der Waals surface area contributed by atoms with Gasteiger partial charge in [-0.15, -0.1) is 0 Å². The fourth-order valence-corrected chi connectivity index (χ4v) is 2.88. The number of aromatic nitrogens is 2. The molecule has 0 saturated carbocycles. The van der Waals surface area contributed by atoms with Gasteiger partial charge in [-0.3, -0.25) is 9.58 Å². The number of likely N-dealkylation sites (N-methyl/N-ethyl adjacent to an activating group) is 2. The normalized spacial score (nSPS) is 14.1. The van der Waals surface area contributed by atoms with Crippen LogP contribution >= 0.6 is 0 Å². The molecule has 0 aliphatic heterocycles. The lowest BCUT2D eigenvalue weighted by molar-refractivity contribution is 0.0943. The molecule has 1 aromatic heterocycles. The monoisotopic (exact) mass is 266 g/mol. The van der Waals surface area contributed by atoms with E-state index in [0.29, 0.717) is 6.04 Å². The summed E-state index contributed by atoms with van der Waals surface area (Å²) in [6, 6.07) is 0.418. The van der Waals surface area contributed by atoms with Crippen LogP contribution in [0.15, 0.2) is 12.4 Å². The van der Waals surface area contributed by atoms with Crippen LogP contribution in [-0.2, 0) is 13.0 Å². The van der Waals surface area contributed by atoms with Crippen molar-refractivity contribution in [3.63, 3.8) is 0 Å². The smallest absolute Gasteiger partial charge is 0.0522 e. The van der Waals surface area contributed by atoms with Crippen molar-refractivity contribution in [2.24, 2.45) is 0 Å². The molecule has 4 nitrogen and oxygen atoms in total. The van der Waals surface area contributed by atoms with Gasteiger partial charge in [-0.2, -0.15) is 5.10 Å². The zero-order valence-corrected chi connectivity index (χ0v) is 13.4. The summed E-state index contributed by atoms with van der Waals surface area (Å²) in [6.07, 6.45) is 5.16. The van der Waals surface area contributed by atoms with Crippen molar-refractivity contribution in [1.82, 2.24) is 20.0 Å². The fraction of sp³-hybridized carbons (Fsp3) is 0.800. The van der Waals surface area contributed by atoms with Crippen molar-refractivity contribution in [2.75, 3.05) is 20.1 Å². The van der Waals surface area contributed by atoms with Gasteiger partial charge in [0.25, 0.3) is 0 Å². The van der Waals surface area contributed by atoms with Gasteiger partial charge in [-0.25, -0.2) is 0 Å². The average molecular weight is 266 g/mol. The van der Waals surface area contributed by atoms with Gasteiger partial charge < -0.3 is 5.32 Å². The highest BCUT2D eigenvalue weighted by molar-refractivity contribution is 5.09. The highest BCUT2D eigenvalue weighted by Gasteiger charge is 2.33. The third kappa shape index (κ3) is 3.80. The van der Waals surface area contributed by atoms with Gasteiger partial charge in [0.1, 0.15) is 0 Å². The second-order valence-corrected chi connectivity index (χ2v) is 5.58. The third-order valence-corrected chi connectivity index (χ3v) is 4.23. The molecular formula is C15H30N4. The van der Waals surface area contributed by atoms with Crippen LogP contribution in [0.4, 0.5) is 0 Å². The first-order chi connectivity index (χ1) is 8.99. The molecular weight excluding hydrogens is 236 g/mol. The molecule has 1 heterocycles. The van der Waals surface area contributed by atoms with Crippen LogP contribution in [0.3, 0.4) is 0 Å². The molecule has 110 valence electrons. The topological polar surface area (TPSA) is 33.1 Å². The van der Waals surface area contributed by atoms with E-state index in [9.17, 15) is 0 Å². The lowest BCUT2D eigenvalue weighted by Crippen LogP contribution is -2.57. The molecule has 19 heavy (non-hydrogen) atoms. The first kappa shape index (κ1) is 16.2. The SMILES string of the molecule is CCN(CC)C(C)(C)C(Cc1cnn(CC)c1)NC. The van der Waals surface area contributed by atoms with Crippen molar-refractivity contribution in [2.45, 2.75) is 59.2 Å². The van der Waals surface area contributed by atoms with E-state index in [1.54, 1.807) is 0 Å². The summed E-state index contributed by atoms with van der Waals surface area (Å²) in [5, 5.41) is 7.85. The lowest BCUT2D eigenvalue weighted by atomic mass is 9.88. The molecule has 1 rings (SSSR count). The van der Waals surface area contributed by atoms with E-state index in [-0.39, 0.29) is 5.54 Å². The number of nitrogens with zero attached hydrogens (tertiary/aromatic N) is 3. The molecule has 0 amide bonds. The molecule has 1 N–H and O–H groups in total. The molecule has 0 aliphatic carbocycles. The second kappa shape index (κ2) is 7.06. The Bertz CT molecular complexity index is 366. The average Bonchev–Trinajstić information content (AvgIpc) is 2.84. The second-order valence-electron chi connectivity index (χ2n) is 5.58. The van der Waals surface area contributed by atoms with Gasteiger partial charge in [0.05, 0.1) is 6.20 Å².